The normalized spacial score (nSPS) is 10.4. The molecular weight excluding hydrogens is 121 g/mol. The second kappa shape index (κ2) is 1.91. The molecule has 0 saturated heterocycles. The van der Waals surface area contributed by atoms with Crippen molar-refractivity contribution in [2.24, 2.45) is 0 Å². The third-order valence-corrected chi connectivity index (χ3v) is 1.79. The zero-order valence-corrected chi connectivity index (χ0v) is 5.91. The predicted molar refractivity (Wildman–Crippen MR) is 45.9 cm³/mol. The van der Waals surface area contributed by atoms with E-state index in [1.165, 1.54) is 10.9 Å². The summed E-state index contributed by atoms with van der Waals surface area (Å²) in [5.74, 6) is 0. The van der Waals surface area contributed by atoms with Gasteiger partial charge in [-0.05, 0) is 23.7 Å². The molecule has 2 aromatic rings. The molecule has 0 N–H and O–H groups in total. The van der Waals surface area contributed by atoms with Gasteiger partial charge in [-0.1, -0.05) is 18.2 Å². The first-order valence-corrected chi connectivity index (χ1v) is 3.38. The van der Waals surface area contributed by atoms with E-state index in [-0.39, 0.29) is 0 Å². The van der Waals surface area contributed by atoms with Crippen LogP contribution in [0.1, 0.15) is 0 Å². The number of hydrogen-bond acceptors (Lipinski definition) is 0. The van der Waals surface area contributed by atoms with Crippen LogP contribution in [0.5, 0.6) is 0 Å². The summed E-state index contributed by atoms with van der Waals surface area (Å²) in [6, 6.07) is 10.5. The SMILES string of the molecule is Bn1ccc2ccccc21. The summed E-state index contributed by atoms with van der Waals surface area (Å²) in [7, 11) is 2.06. The highest BCUT2D eigenvalue weighted by Gasteiger charge is 1.92. The van der Waals surface area contributed by atoms with Crippen LogP contribution >= 0.6 is 0 Å². The number of aromatic nitrogens is 1. The van der Waals surface area contributed by atoms with E-state index < -0.39 is 0 Å². The summed E-state index contributed by atoms with van der Waals surface area (Å²) in [4.78, 5) is 0. The molecule has 0 aliphatic heterocycles. The Kier molecular flexibility index (Phi) is 1.07. The van der Waals surface area contributed by atoms with Crippen molar-refractivity contribution in [1.29, 1.82) is 0 Å². The minimum Gasteiger partial charge on any atom is -0.399 e. The van der Waals surface area contributed by atoms with Gasteiger partial charge in [0.25, 0.3) is 0 Å². The number of rotatable bonds is 0. The van der Waals surface area contributed by atoms with Crippen LogP contribution in [0.25, 0.3) is 10.9 Å². The molecule has 0 spiro atoms. The van der Waals surface area contributed by atoms with Crippen molar-refractivity contribution < 1.29 is 0 Å². The molecule has 0 aliphatic carbocycles. The van der Waals surface area contributed by atoms with Crippen molar-refractivity contribution in [3.05, 3.63) is 36.5 Å². The van der Waals surface area contributed by atoms with E-state index in [9.17, 15) is 0 Å². The second-order valence-electron chi connectivity index (χ2n) is 2.49. The summed E-state index contributed by atoms with van der Waals surface area (Å²) in [6.45, 7) is 0. The van der Waals surface area contributed by atoms with E-state index >= 15 is 0 Å². The van der Waals surface area contributed by atoms with Gasteiger partial charge in [0.2, 0.25) is 7.98 Å². The Bertz CT molecular complexity index is 351. The quantitative estimate of drug-likeness (QED) is 0.468. The third kappa shape index (κ3) is 0.653. The Morgan fingerprint density at radius 3 is 2.70 bits per heavy atom. The fourth-order valence-electron chi connectivity index (χ4n) is 1.22. The van der Waals surface area contributed by atoms with Crippen LogP contribution in [0.3, 0.4) is 0 Å². The van der Waals surface area contributed by atoms with Gasteiger partial charge in [0, 0.05) is 5.52 Å². The summed E-state index contributed by atoms with van der Waals surface area (Å²) < 4.78 is 2.12. The molecule has 0 amide bonds. The van der Waals surface area contributed by atoms with Crippen LogP contribution in [-0.4, -0.2) is 12.5 Å². The first-order valence-electron chi connectivity index (χ1n) is 3.38. The summed E-state index contributed by atoms with van der Waals surface area (Å²) in [6.07, 6.45) is 2.07. The lowest BCUT2D eigenvalue weighted by molar-refractivity contribution is 1.32. The van der Waals surface area contributed by atoms with Gasteiger partial charge in [-0.2, -0.15) is 0 Å². The maximum Gasteiger partial charge on any atom is 0.223 e. The number of hydrogen-bond donors (Lipinski definition) is 0. The van der Waals surface area contributed by atoms with Crippen molar-refractivity contribution in [3.63, 3.8) is 0 Å². The topological polar surface area (TPSA) is 4.93 Å². The molecule has 0 fully saturated rings. The molecule has 1 aromatic heterocycles. The van der Waals surface area contributed by atoms with Crippen LogP contribution in [0, 0.1) is 0 Å². The van der Waals surface area contributed by atoms with E-state index in [2.05, 4.69) is 49.0 Å². The maximum absolute atomic E-state index is 2.12. The average Bonchev–Trinajstić information content (AvgIpc) is 2.34. The van der Waals surface area contributed by atoms with Crippen molar-refractivity contribution in [2.45, 2.75) is 0 Å². The van der Waals surface area contributed by atoms with Crippen molar-refractivity contribution in [2.75, 3.05) is 0 Å². The number of nitrogens with zero attached hydrogens (tertiary/aromatic N) is 1. The summed E-state index contributed by atoms with van der Waals surface area (Å²) >= 11 is 0. The van der Waals surface area contributed by atoms with Gasteiger partial charge in [0.1, 0.15) is 0 Å². The predicted octanol–water partition coefficient (Wildman–Crippen LogP) is 1.04. The lowest BCUT2D eigenvalue weighted by Gasteiger charge is -1.92. The lowest BCUT2D eigenvalue weighted by atomic mass is 10.2. The van der Waals surface area contributed by atoms with E-state index in [1.54, 1.807) is 0 Å². The first kappa shape index (κ1) is 5.60. The van der Waals surface area contributed by atoms with Crippen LogP contribution in [0.4, 0.5) is 0 Å². The smallest absolute Gasteiger partial charge is 0.223 e. The van der Waals surface area contributed by atoms with Crippen LogP contribution < -0.4 is 0 Å². The fraction of sp³-hybridized carbons (Fsp3) is 0. The molecule has 48 valence electrons. The Balaban J connectivity index is 2.93. The van der Waals surface area contributed by atoms with Gasteiger partial charge in [0.05, 0.1) is 0 Å². The maximum atomic E-state index is 2.12. The molecule has 10 heavy (non-hydrogen) atoms. The van der Waals surface area contributed by atoms with Crippen LogP contribution in [-0.2, 0) is 0 Å². The van der Waals surface area contributed by atoms with E-state index in [0.717, 1.165) is 0 Å². The summed E-state index contributed by atoms with van der Waals surface area (Å²) in [5.41, 5.74) is 1.29. The number of para-hydroxylation sites is 1. The van der Waals surface area contributed by atoms with Gasteiger partial charge < -0.3 is 4.48 Å². The van der Waals surface area contributed by atoms with Crippen molar-refractivity contribution in [3.8, 4) is 0 Å². The molecule has 2 rings (SSSR count). The monoisotopic (exact) mass is 129 g/mol. The third-order valence-electron chi connectivity index (χ3n) is 1.79. The molecule has 0 saturated carbocycles. The highest BCUT2D eigenvalue weighted by Crippen LogP contribution is 2.12. The van der Waals surface area contributed by atoms with E-state index in [0.29, 0.717) is 0 Å². The Morgan fingerprint density at radius 1 is 1.10 bits per heavy atom. The molecule has 0 bridgehead atoms. The highest BCUT2D eigenvalue weighted by molar-refractivity contribution is 6.11. The molecule has 1 nitrogen and oxygen atoms in total. The zero-order valence-electron chi connectivity index (χ0n) is 5.91. The Hall–Kier alpha value is -1.18. The molecule has 2 heteroatoms. The van der Waals surface area contributed by atoms with Gasteiger partial charge in [-0.25, -0.2) is 0 Å². The largest absolute Gasteiger partial charge is 0.399 e. The Morgan fingerprint density at radius 2 is 1.90 bits per heavy atom. The minimum atomic E-state index is 1.29. The minimum absolute atomic E-state index is 1.29. The second-order valence-corrected chi connectivity index (χ2v) is 2.49. The van der Waals surface area contributed by atoms with Crippen LogP contribution in [0.2, 0.25) is 0 Å². The van der Waals surface area contributed by atoms with E-state index in [4.69, 9.17) is 0 Å². The van der Waals surface area contributed by atoms with Crippen molar-refractivity contribution >= 4 is 18.9 Å². The fourth-order valence-corrected chi connectivity index (χ4v) is 1.22. The molecule has 1 aromatic carbocycles. The van der Waals surface area contributed by atoms with Gasteiger partial charge in [0.15, 0.2) is 0 Å². The zero-order chi connectivity index (χ0) is 6.97. The summed E-state index contributed by atoms with van der Waals surface area (Å²) in [5, 5.41) is 1.31. The van der Waals surface area contributed by atoms with Gasteiger partial charge in [-0.15, -0.1) is 0 Å². The van der Waals surface area contributed by atoms with Gasteiger partial charge in [-0.3, -0.25) is 0 Å². The van der Waals surface area contributed by atoms with E-state index in [1.807, 2.05) is 0 Å². The molecule has 0 atom stereocenters. The van der Waals surface area contributed by atoms with Crippen LogP contribution in [0.15, 0.2) is 36.5 Å². The van der Waals surface area contributed by atoms with Gasteiger partial charge >= 0.3 is 0 Å². The molecule has 0 radical (unpaired) electrons. The highest BCUT2D eigenvalue weighted by atomic mass is 14.8. The standard InChI is InChI=1S/C8H8BN/c9-10-6-5-7-3-1-2-4-8(7)10/h1-6H,9H2. The average molecular weight is 129 g/mol. The molecule has 1 heterocycles. The molecular formula is C8H8BN. The lowest BCUT2D eigenvalue weighted by Crippen LogP contribution is -1.85. The van der Waals surface area contributed by atoms with Crippen molar-refractivity contribution in [1.82, 2.24) is 4.48 Å². The first-order chi connectivity index (χ1) is 4.88. The molecule has 0 unspecified atom stereocenters. The molecule has 0 aliphatic rings. The number of fused-ring (bicyclic) bond motifs is 1. The number of benzene rings is 1. The Labute approximate surface area is 60.7 Å².